The lowest BCUT2D eigenvalue weighted by Gasteiger charge is -2.37. The monoisotopic (exact) mass is 275 g/mol. The lowest BCUT2D eigenvalue weighted by Crippen LogP contribution is -2.53. The Kier molecular flexibility index (Phi) is 3.51. The highest BCUT2D eigenvalue weighted by Gasteiger charge is 2.54. The number of hydrogen-bond donors (Lipinski definition) is 1. The predicted molar refractivity (Wildman–Crippen MR) is 72.5 cm³/mol. The average Bonchev–Trinajstić information content (AvgIpc) is 2.80. The summed E-state index contributed by atoms with van der Waals surface area (Å²) in [5, 5.41) is 3.37. The molecule has 2 atom stereocenters. The van der Waals surface area contributed by atoms with Crippen LogP contribution >= 0.6 is 0 Å². The van der Waals surface area contributed by atoms with E-state index < -0.39 is 10.2 Å². The molecular formula is C12H25N3O2S. The Hall–Kier alpha value is -0.170. The third-order valence-electron chi connectivity index (χ3n) is 4.66. The van der Waals surface area contributed by atoms with Gasteiger partial charge in [0.15, 0.2) is 0 Å². The molecule has 0 aromatic heterocycles. The van der Waals surface area contributed by atoms with Gasteiger partial charge in [0.2, 0.25) is 0 Å². The molecule has 2 heterocycles. The molecule has 18 heavy (non-hydrogen) atoms. The summed E-state index contributed by atoms with van der Waals surface area (Å²) in [6.07, 6.45) is 0. The molecular weight excluding hydrogens is 250 g/mol. The van der Waals surface area contributed by atoms with Gasteiger partial charge in [-0.15, -0.1) is 0 Å². The van der Waals surface area contributed by atoms with Gasteiger partial charge in [0.25, 0.3) is 10.2 Å². The third kappa shape index (κ3) is 1.99. The molecule has 0 aromatic rings. The van der Waals surface area contributed by atoms with E-state index in [0.717, 1.165) is 13.1 Å². The summed E-state index contributed by atoms with van der Waals surface area (Å²) < 4.78 is 28.5. The summed E-state index contributed by atoms with van der Waals surface area (Å²) in [6.45, 7) is 10.4. The van der Waals surface area contributed by atoms with Crippen LogP contribution in [0.3, 0.4) is 0 Å². The Labute approximate surface area is 111 Å². The van der Waals surface area contributed by atoms with Crippen LogP contribution < -0.4 is 5.32 Å². The van der Waals surface area contributed by atoms with Crippen molar-refractivity contribution >= 4 is 10.2 Å². The van der Waals surface area contributed by atoms with Crippen LogP contribution in [0.15, 0.2) is 0 Å². The maximum atomic E-state index is 12.7. The Morgan fingerprint density at radius 3 is 2.44 bits per heavy atom. The van der Waals surface area contributed by atoms with Crippen molar-refractivity contribution in [2.24, 2.45) is 11.8 Å². The van der Waals surface area contributed by atoms with Gasteiger partial charge < -0.3 is 5.32 Å². The smallest absolute Gasteiger partial charge is 0.282 e. The fourth-order valence-electron chi connectivity index (χ4n) is 3.20. The van der Waals surface area contributed by atoms with Gasteiger partial charge in [-0.05, 0) is 46.1 Å². The first-order valence-electron chi connectivity index (χ1n) is 6.65. The van der Waals surface area contributed by atoms with Crippen molar-refractivity contribution in [2.45, 2.75) is 39.3 Å². The summed E-state index contributed by atoms with van der Waals surface area (Å²) in [5.41, 5.74) is -0.295. The molecule has 0 bridgehead atoms. The summed E-state index contributed by atoms with van der Waals surface area (Å²) in [5.74, 6) is 0.878. The lowest BCUT2D eigenvalue weighted by molar-refractivity contribution is 0.216. The van der Waals surface area contributed by atoms with Crippen LogP contribution in [0.25, 0.3) is 0 Å². The summed E-state index contributed by atoms with van der Waals surface area (Å²) in [7, 11) is -1.68. The number of nitrogens with one attached hydrogen (secondary N) is 1. The molecule has 2 unspecified atom stereocenters. The Morgan fingerprint density at radius 2 is 1.94 bits per heavy atom. The number of fused-ring (bicyclic) bond motifs is 1. The Bertz CT molecular complexity index is 419. The van der Waals surface area contributed by atoms with E-state index in [-0.39, 0.29) is 11.6 Å². The normalized spacial score (nSPS) is 32.4. The molecule has 0 aromatic carbocycles. The zero-order valence-electron chi connectivity index (χ0n) is 12.0. The van der Waals surface area contributed by atoms with Gasteiger partial charge in [0.1, 0.15) is 0 Å². The van der Waals surface area contributed by atoms with Gasteiger partial charge in [-0.2, -0.15) is 17.0 Å². The van der Waals surface area contributed by atoms with Gasteiger partial charge in [-0.3, -0.25) is 0 Å². The van der Waals surface area contributed by atoms with E-state index in [2.05, 4.69) is 19.2 Å². The van der Waals surface area contributed by atoms with Crippen molar-refractivity contribution in [3.8, 4) is 0 Å². The van der Waals surface area contributed by atoms with E-state index in [4.69, 9.17) is 0 Å². The van der Waals surface area contributed by atoms with E-state index in [1.54, 1.807) is 11.4 Å². The first-order valence-corrected chi connectivity index (χ1v) is 8.05. The minimum atomic E-state index is -3.35. The van der Waals surface area contributed by atoms with Crippen molar-refractivity contribution in [3.05, 3.63) is 0 Å². The zero-order valence-corrected chi connectivity index (χ0v) is 12.8. The standard InChI is InChI=1S/C12H25N3O2S/c1-9(2)14(5)18(16,17)15-8-10-6-13-7-11(10)12(15,3)4/h9-11,13H,6-8H2,1-5H3. The predicted octanol–water partition coefficient (Wildman–Crippen LogP) is 0.501. The van der Waals surface area contributed by atoms with E-state index in [1.807, 2.05) is 13.8 Å². The highest BCUT2D eigenvalue weighted by Crippen LogP contribution is 2.42. The lowest BCUT2D eigenvalue weighted by atomic mass is 9.85. The molecule has 0 radical (unpaired) electrons. The molecule has 0 amide bonds. The number of hydrogen-bond acceptors (Lipinski definition) is 3. The third-order valence-corrected chi connectivity index (χ3v) is 6.99. The maximum Gasteiger partial charge on any atom is 0.282 e. The highest BCUT2D eigenvalue weighted by molar-refractivity contribution is 7.86. The van der Waals surface area contributed by atoms with E-state index in [0.29, 0.717) is 18.4 Å². The summed E-state index contributed by atoms with van der Waals surface area (Å²) >= 11 is 0. The Balaban J connectivity index is 2.30. The van der Waals surface area contributed by atoms with E-state index in [1.165, 1.54) is 4.31 Å². The fraction of sp³-hybridized carbons (Fsp3) is 1.00. The largest absolute Gasteiger partial charge is 0.316 e. The van der Waals surface area contributed by atoms with Crippen LogP contribution in [0.2, 0.25) is 0 Å². The first kappa shape index (κ1) is 14.2. The summed E-state index contributed by atoms with van der Waals surface area (Å²) in [4.78, 5) is 0. The Morgan fingerprint density at radius 1 is 1.33 bits per heavy atom. The zero-order chi connectivity index (χ0) is 13.7. The van der Waals surface area contributed by atoms with Crippen LogP contribution in [0.5, 0.6) is 0 Å². The second-order valence-corrected chi connectivity index (χ2v) is 8.24. The van der Waals surface area contributed by atoms with Crippen molar-refractivity contribution in [1.29, 1.82) is 0 Å². The molecule has 2 fully saturated rings. The van der Waals surface area contributed by atoms with E-state index >= 15 is 0 Å². The molecule has 2 saturated heterocycles. The highest BCUT2D eigenvalue weighted by atomic mass is 32.2. The van der Waals surface area contributed by atoms with Gasteiger partial charge in [0.05, 0.1) is 0 Å². The molecule has 1 N–H and O–H groups in total. The molecule has 6 heteroatoms. The maximum absolute atomic E-state index is 12.7. The first-order chi connectivity index (χ1) is 8.19. The molecule has 106 valence electrons. The SMILES string of the molecule is CC(C)N(C)S(=O)(=O)N1CC2CNCC2C1(C)C. The van der Waals surface area contributed by atoms with Crippen molar-refractivity contribution in [3.63, 3.8) is 0 Å². The molecule has 2 aliphatic rings. The molecule has 0 saturated carbocycles. The topological polar surface area (TPSA) is 52.7 Å². The minimum Gasteiger partial charge on any atom is -0.316 e. The van der Waals surface area contributed by atoms with Crippen LogP contribution in [0.4, 0.5) is 0 Å². The molecule has 2 rings (SSSR count). The second-order valence-electron chi connectivity index (χ2n) is 6.33. The molecule has 0 aliphatic carbocycles. The van der Waals surface area contributed by atoms with E-state index in [9.17, 15) is 8.42 Å². The number of rotatable bonds is 3. The van der Waals surface area contributed by atoms with Crippen LogP contribution in [0, 0.1) is 11.8 Å². The second kappa shape index (κ2) is 4.44. The van der Waals surface area contributed by atoms with Crippen molar-refractivity contribution in [1.82, 2.24) is 13.9 Å². The van der Waals surface area contributed by atoms with Crippen LogP contribution in [0.1, 0.15) is 27.7 Å². The molecule has 0 spiro atoms. The summed E-state index contributed by atoms with van der Waals surface area (Å²) in [6, 6.07) is -0.00985. The van der Waals surface area contributed by atoms with Gasteiger partial charge >= 0.3 is 0 Å². The van der Waals surface area contributed by atoms with Gasteiger partial charge in [0, 0.05) is 31.7 Å². The van der Waals surface area contributed by atoms with Gasteiger partial charge in [-0.25, -0.2) is 0 Å². The average molecular weight is 275 g/mol. The van der Waals surface area contributed by atoms with Crippen LogP contribution in [-0.4, -0.2) is 55.3 Å². The van der Waals surface area contributed by atoms with Crippen molar-refractivity contribution in [2.75, 3.05) is 26.7 Å². The van der Waals surface area contributed by atoms with Crippen LogP contribution in [-0.2, 0) is 10.2 Å². The molecule has 5 nitrogen and oxygen atoms in total. The minimum absolute atomic E-state index is 0.00985. The van der Waals surface area contributed by atoms with Gasteiger partial charge in [-0.1, -0.05) is 0 Å². The quantitative estimate of drug-likeness (QED) is 0.816. The number of nitrogens with zero attached hydrogens (tertiary/aromatic N) is 2. The fourth-order valence-corrected chi connectivity index (χ4v) is 5.15. The molecule has 2 aliphatic heterocycles. The van der Waals surface area contributed by atoms with Crippen molar-refractivity contribution < 1.29 is 8.42 Å².